The average molecular weight is 313 g/mol. The van der Waals surface area contributed by atoms with Crippen molar-refractivity contribution in [2.45, 2.75) is 18.9 Å². The predicted octanol–water partition coefficient (Wildman–Crippen LogP) is 3.53. The van der Waals surface area contributed by atoms with Crippen LogP contribution >= 0.6 is 0 Å². The molecule has 23 heavy (non-hydrogen) atoms. The minimum Gasteiger partial charge on any atom is -0.301 e. The van der Waals surface area contributed by atoms with Crippen molar-refractivity contribution in [3.05, 3.63) is 48.3 Å². The highest BCUT2D eigenvalue weighted by Crippen LogP contribution is 2.39. The van der Waals surface area contributed by atoms with Gasteiger partial charge >= 0.3 is 0 Å². The van der Waals surface area contributed by atoms with E-state index in [9.17, 15) is 13.6 Å². The van der Waals surface area contributed by atoms with Crippen LogP contribution in [0.4, 0.5) is 8.78 Å². The van der Waals surface area contributed by atoms with Crippen LogP contribution in [0.2, 0.25) is 0 Å². The summed E-state index contributed by atoms with van der Waals surface area (Å²) < 4.78 is 28.2. The van der Waals surface area contributed by atoms with Gasteiger partial charge in [0.1, 0.15) is 17.8 Å². The molecule has 1 aliphatic carbocycles. The van der Waals surface area contributed by atoms with Gasteiger partial charge in [0.25, 0.3) is 0 Å². The van der Waals surface area contributed by atoms with Crippen LogP contribution in [0.5, 0.6) is 0 Å². The Hall–Kier alpha value is -2.63. The maximum Gasteiger partial charge on any atom is 0.159 e. The molecule has 1 atom stereocenters. The molecule has 6 heteroatoms. The number of hydrogen-bond acceptors (Lipinski definition) is 3. The summed E-state index contributed by atoms with van der Waals surface area (Å²) in [5.41, 5.74) is 2.57. The lowest BCUT2D eigenvalue weighted by atomic mass is 10.1. The van der Waals surface area contributed by atoms with Crippen molar-refractivity contribution in [2.75, 3.05) is 0 Å². The highest BCUT2D eigenvalue weighted by molar-refractivity contribution is 5.81. The monoisotopic (exact) mass is 313 g/mol. The molecule has 0 spiro atoms. The van der Waals surface area contributed by atoms with Crippen LogP contribution in [-0.2, 0) is 4.79 Å². The zero-order chi connectivity index (χ0) is 16.0. The van der Waals surface area contributed by atoms with Gasteiger partial charge in [-0.2, -0.15) is 5.10 Å². The number of nitrogens with zero attached hydrogens (tertiary/aromatic N) is 3. The van der Waals surface area contributed by atoms with E-state index < -0.39 is 11.6 Å². The maximum absolute atomic E-state index is 13.4. The Morgan fingerprint density at radius 1 is 1.13 bits per heavy atom. The molecule has 2 aromatic heterocycles. The number of benzene rings is 1. The van der Waals surface area contributed by atoms with Crippen LogP contribution in [0.1, 0.15) is 18.9 Å². The Morgan fingerprint density at radius 3 is 2.65 bits per heavy atom. The first-order chi connectivity index (χ1) is 11.2. The van der Waals surface area contributed by atoms with E-state index in [2.05, 4.69) is 10.1 Å². The van der Waals surface area contributed by atoms with Gasteiger partial charge in [0.15, 0.2) is 11.6 Å². The fourth-order valence-corrected chi connectivity index (χ4v) is 2.80. The Labute approximate surface area is 130 Å². The molecule has 116 valence electrons. The van der Waals surface area contributed by atoms with Crippen LogP contribution in [0.3, 0.4) is 0 Å². The molecule has 0 radical (unpaired) electrons. The van der Waals surface area contributed by atoms with Gasteiger partial charge in [0.05, 0.1) is 11.7 Å². The van der Waals surface area contributed by atoms with Crippen molar-refractivity contribution in [2.24, 2.45) is 5.92 Å². The number of pyridine rings is 1. The lowest BCUT2D eigenvalue weighted by Crippen LogP contribution is -2.13. The maximum atomic E-state index is 13.4. The lowest BCUT2D eigenvalue weighted by Gasteiger charge is -2.11. The molecular formula is C17H13F2N3O. The quantitative estimate of drug-likeness (QED) is 0.692. The molecule has 0 bridgehead atoms. The molecule has 1 aromatic carbocycles. The van der Waals surface area contributed by atoms with Gasteiger partial charge in [-0.1, -0.05) is 6.07 Å². The topological polar surface area (TPSA) is 47.8 Å². The highest BCUT2D eigenvalue weighted by Gasteiger charge is 2.33. The molecule has 0 amide bonds. The van der Waals surface area contributed by atoms with E-state index in [0.717, 1.165) is 36.8 Å². The molecule has 4 rings (SSSR count). The lowest BCUT2D eigenvalue weighted by molar-refractivity contribution is -0.111. The second-order valence-electron chi connectivity index (χ2n) is 5.81. The summed E-state index contributed by atoms with van der Waals surface area (Å²) in [7, 11) is 0. The smallest absolute Gasteiger partial charge is 0.159 e. The van der Waals surface area contributed by atoms with Gasteiger partial charge in [-0.05, 0) is 42.5 Å². The molecule has 1 saturated carbocycles. The number of aromatic nitrogens is 3. The molecule has 0 N–H and O–H groups in total. The second-order valence-corrected chi connectivity index (χ2v) is 5.81. The number of aldehydes is 1. The van der Waals surface area contributed by atoms with Crippen LogP contribution in [0.15, 0.2) is 36.7 Å². The fourth-order valence-electron chi connectivity index (χ4n) is 2.80. The van der Waals surface area contributed by atoms with Gasteiger partial charge in [-0.15, -0.1) is 0 Å². The molecule has 2 heterocycles. The molecule has 0 saturated heterocycles. The summed E-state index contributed by atoms with van der Waals surface area (Å²) in [6.07, 6.45) is 6.15. The third kappa shape index (κ3) is 2.40. The summed E-state index contributed by atoms with van der Waals surface area (Å²) in [4.78, 5) is 15.7. The van der Waals surface area contributed by atoms with Crippen molar-refractivity contribution in [3.63, 3.8) is 0 Å². The van der Waals surface area contributed by atoms with Gasteiger partial charge < -0.3 is 4.79 Å². The first-order valence-electron chi connectivity index (χ1n) is 7.41. The first-order valence-corrected chi connectivity index (χ1v) is 7.41. The van der Waals surface area contributed by atoms with Crippen LogP contribution in [0.25, 0.3) is 22.2 Å². The van der Waals surface area contributed by atoms with Gasteiger partial charge in [-0.3, -0.25) is 9.67 Å². The SMILES string of the molecule is O=C[C@H](C1CC1)n1ncc2ncc(-c3ccc(F)c(F)c3)cc21. The molecular weight excluding hydrogens is 300 g/mol. The van der Waals surface area contributed by atoms with E-state index in [1.165, 1.54) is 6.07 Å². The zero-order valence-corrected chi connectivity index (χ0v) is 12.1. The third-order valence-corrected chi connectivity index (χ3v) is 4.23. The van der Waals surface area contributed by atoms with Gasteiger partial charge in [-0.25, -0.2) is 8.78 Å². The van der Waals surface area contributed by atoms with E-state index in [-0.39, 0.29) is 6.04 Å². The number of halogens is 2. The Morgan fingerprint density at radius 2 is 1.96 bits per heavy atom. The van der Waals surface area contributed by atoms with Crippen molar-refractivity contribution >= 4 is 17.3 Å². The zero-order valence-electron chi connectivity index (χ0n) is 12.1. The number of carbonyl (C=O) groups excluding carboxylic acids is 1. The summed E-state index contributed by atoms with van der Waals surface area (Å²) in [5.74, 6) is -1.47. The normalized spacial score (nSPS) is 15.7. The Bertz CT molecular complexity index is 902. The third-order valence-electron chi connectivity index (χ3n) is 4.23. The van der Waals surface area contributed by atoms with E-state index in [1.54, 1.807) is 23.1 Å². The van der Waals surface area contributed by atoms with Crippen LogP contribution in [0, 0.1) is 17.6 Å². The van der Waals surface area contributed by atoms with Gasteiger partial charge in [0.2, 0.25) is 0 Å². The average Bonchev–Trinajstić information content (AvgIpc) is 3.31. The number of fused-ring (bicyclic) bond motifs is 1. The number of rotatable bonds is 4. The van der Waals surface area contributed by atoms with E-state index in [4.69, 9.17) is 0 Å². The Balaban J connectivity index is 1.82. The number of hydrogen-bond donors (Lipinski definition) is 0. The fraction of sp³-hybridized carbons (Fsp3) is 0.235. The van der Waals surface area contributed by atoms with Crippen LogP contribution in [-0.4, -0.2) is 21.1 Å². The highest BCUT2D eigenvalue weighted by atomic mass is 19.2. The second kappa shape index (κ2) is 5.22. The number of carbonyl (C=O) groups is 1. The summed E-state index contributed by atoms with van der Waals surface area (Å²) in [5, 5.41) is 4.28. The first kappa shape index (κ1) is 14.0. The van der Waals surface area contributed by atoms with Gasteiger partial charge in [0, 0.05) is 11.8 Å². The molecule has 4 nitrogen and oxygen atoms in total. The van der Waals surface area contributed by atoms with Crippen molar-refractivity contribution in [3.8, 4) is 11.1 Å². The summed E-state index contributed by atoms with van der Waals surface area (Å²) in [6.45, 7) is 0. The largest absolute Gasteiger partial charge is 0.301 e. The minimum atomic E-state index is -0.903. The molecule has 1 fully saturated rings. The van der Waals surface area contributed by atoms with E-state index >= 15 is 0 Å². The standard InChI is InChI=1S/C17H13F2N3O/c18-13-4-3-11(5-14(13)19)12-6-16-15(20-7-12)8-21-22(16)17(9-23)10-1-2-10/h3-10,17H,1-2H2/t17-/m1/s1. The van der Waals surface area contributed by atoms with E-state index in [0.29, 0.717) is 22.6 Å². The van der Waals surface area contributed by atoms with Crippen molar-refractivity contribution in [1.82, 2.24) is 14.8 Å². The molecule has 3 aromatic rings. The molecule has 0 aliphatic heterocycles. The molecule has 0 unspecified atom stereocenters. The predicted molar refractivity (Wildman–Crippen MR) is 80.7 cm³/mol. The van der Waals surface area contributed by atoms with Crippen molar-refractivity contribution in [1.29, 1.82) is 0 Å². The van der Waals surface area contributed by atoms with Crippen molar-refractivity contribution < 1.29 is 13.6 Å². The summed E-state index contributed by atoms with van der Waals surface area (Å²) >= 11 is 0. The summed E-state index contributed by atoms with van der Waals surface area (Å²) in [6, 6.07) is 5.23. The van der Waals surface area contributed by atoms with E-state index in [1.807, 2.05) is 0 Å². The minimum absolute atomic E-state index is 0.297. The molecule has 1 aliphatic rings. The Kier molecular flexibility index (Phi) is 3.18. The van der Waals surface area contributed by atoms with Crippen LogP contribution < -0.4 is 0 Å².